The van der Waals surface area contributed by atoms with Crippen molar-refractivity contribution in [2.75, 3.05) is 5.32 Å². The van der Waals surface area contributed by atoms with Crippen LogP contribution in [0.25, 0.3) is 0 Å². The molecule has 7 heteroatoms. The van der Waals surface area contributed by atoms with Crippen molar-refractivity contribution in [1.82, 2.24) is 9.78 Å². The Kier molecular flexibility index (Phi) is 3.63. The third kappa shape index (κ3) is 2.51. The number of benzene rings is 1. The van der Waals surface area contributed by atoms with Gasteiger partial charge in [0.1, 0.15) is 4.99 Å². The Bertz CT molecular complexity index is 611. The molecular formula is C11H10BrFN4S. The molecule has 0 spiro atoms. The van der Waals surface area contributed by atoms with E-state index in [0.717, 1.165) is 0 Å². The van der Waals surface area contributed by atoms with Gasteiger partial charge in [-0.2, -0.15) is 5.10 Å². The number of nitrogens with zero attached hydrogens (tertiary/aromatic N) is 2. The number of aromatic nitrogens is 2. The second-order valence-corrected chi connectivity index (χ2v) is 4.91. The monoisotopic (exact) mass is 328 g/mol. The second-order valence-electron chi connectivity index (χ2n) is 3.68. The molecule has 2 rings (SSSR count). The summed E-state index contributed by atoms with van der Waals surface area (Å²) in [5, 5.41) is 6.92. The molecule has 0 saturated carbocycles. The number of hydrogen-bond donors (Lipinski definition) is 2. The van der Waals surface area contributed by atoms with Crippen molar-refractivity contribution >= 4 is 44.5 Å². The van der Waals surface area contributed by atoms with E-state index in [1.165, 1.54) is 0 Å². The van der Waals surface area contributed by atoms with E-state index in [1.54, 1.807) is 36.3 Å². The van der Waals surface area contributed by atoms with Gasteiger partial charge < -0.3 is 11.1 Å². The van der Waals surface area contributed by atoms with E-state index in [-0.39, 0.29) is 9.46 Å². The number of aryl methyl sites for hydroxylation is 1. The molecule has 4 nitrogen and oxygen atoms in total. The van der Waals surface area contributed by atoms with Gasteiger partial charge in [0.05, 0.1) is 22.0 Å². The molecule has 0 aliphatic carbocycles. The predicted octanol–water partition coefficient (Wildman–Crippen LogP) is 2.70. The Morgan fingerprint density at radius 2 is 2.28 bits per heavy atom. The molecule has 2 aromatic rings. The molecule has 0 amide bonds. The first kappa shape index (κ1) is 13.0. The normalized spacial score (nSPS) is 10.4. The molecular weight excluding hydrogens is 319 g/mol. The molecule has 18 heavy (non-hydrogen) atoms. The van der Waals surface area contributed by atoms with Gasteiger partial charge in [0.15, 0.2) is 5.82 Å². The zero-order chi connectivity index (χ0) is 13.3. The first-order valence-corrected chi connectivity index (χ1v) is 6.22. The number of nitrogens with two attached hydrogens (primary N) is 1. The summed E-state index contributed by atoms with van der Waals surface area (Å²) >= 11 is 7.98. The third-order valence-corrected chi connectivity index (χ3v) is 3.33. The number of nitrogens with one attached hydrogen (secondary N) is 1. The highest BCUT2D eigenvalue weighted by Gasteiger charge is 2.13. The van der Waals surface area contributed by atoms with E-state index >= 15 is 0 Å². The van der Waals surface area contributed by atoms with Crippen LogP contribution >= 0.6 is 28.1 Å². The Morgan fingerprint density at radius 1 is 1.56 bits per heavy atom. The lowest BCUT2D eigenvalue weighted by molar-refractivity contribution is 0.625. The molecule has 0 bridgehead atoms. The van der Waals surface area contributed by atoms with Crippen LogP contribution < -0.4 is 11.1 Å². The van der Waals surface area contributed by atoms with E-state index in [0.29, 0.717) is 16.9 Å². The van der Waals surface area contributed by atoms with Gasteiger partial charge in [0.25, 0.3) is 0 Å². The quantitative estimate of drug-likeness (QED) is 0.850. The molecule has 1 aromatic heterocycles. The molecule has 0 unspecified atom stereocenters. The fourth-order valence-corrected chi connectivity index (χ4v) is 2.34. The lowest BCUT2D eigenvalue weighted by Crippen LogP contribution is -2.11. The van der Waals surface area contributed by atoms with Gasteiger partial charge in [-0.05, 0) is 28.1 Å². The topological polar surface area (TPSA) is 55.9 Å². The summed E-state index contributed by atoms with van der Waals surface area (Å²) < 4.78 is 15.9. The number of anilines is 2. The summed E-state index contributed by atoms with van der Waals surface area (Å²) in [7, 11) is 1.79. The van der Waals surface area contributed by atoms with E-state index in [2.05, 4.69) is 26.3 Å². The molecule has 0 fully saturated rings. The molecule has 3 N–H and O–H groups in total. The Hall–Kier alpha value is -1.47. The standard InChI is InChI=1S/C11H10BrFN4S/c1-17-5-6(4-15-17)16-8-3-2-7(11(14)18)9(12)10(8)13/h2-5,16H,1H3,(H2,14,18). The lowest BCUT2D eigenvalue weighted by atomic mass is 10.2. The van der Waals surface area contributed by atoms with Gasteiger partial charge in [-0.1, -0.05) is 12.2 Å². The number of thiocarbonyl (C=S) groups is 1. The maximum absolute atomic E-state index is 14.1. The first-order valence-electron chi connectivity index (χ1n) is 5.02. The Morgan fingerprint density at radius 3 is 2.83 bits per heavy atom. The van der Waals surface area contributed by atoms with Crippen molar-refractivity contribution in [3.05, 3.63) is 40.4 Å². The molecule has 0 aliphatic heterocycles. The number of halogens is 2. The van der Waals surface area contributed by atoms with Crippen molar-refractivity contribution in [3.8, 4) is 0 Å². The third-order valence-electron chi connectivity index (χ3n) is 2.33. The van der Waals surface area contributed by atoms with Gasteiger partial charge in [0.2, 0.25) is 0 Å². The Labute approximate surface area is 117 Å². The summed E-state index contributed by atoms with van der Waals surface area (Å²) in [6, 6.07) is 3.25. The van der Waals surface area contributed by atoms with Gasteiger partial charge in [0, 0.05) is 18.8 Å². The van der Waals surface area contributed by atoms with E-state index in [9.17, 15) is 4.39 Å². The molecule has 1 heterocycles. The highest BCUT2D eigenvalue weighted by atomic mass is 79.9. The van der Waals surface area contributed by atoms with Gasteiger partial charge in [-0.15, -0.1) is 0 Å². The smallest absolute Gasteiger partial charge is 0.161 e. The summed E-state index contributed by atoms with van der Waals surface area (Å²) in [5.74, 6) is -0.441. The van der Waals surface area contributed by atoms with Crippen LogP contribution in [0.15, 0.2) is 29.0 Å². The zero-order valence-electron chi connectivity index (χ0n) is 9.45. The summed E-state index contributed by atoms with van der Waals surface area (Å²) in [6.45, 7) is 0. The van der Waals surface area contributed by atoms with Crippen LogP contribution in [0, 0.1) is 5.82 Å². The van der Waals surface area contributed by atoms with Crippen molar-refractivity contribution in [2.24, 2.45) is 12.8 Å². The van der Waals surface area contributed by atoms with Crippen molar-refractivity contribution in [3.63, 3.8) is 0 Å². The Balaban J connectivity index is 2.35. The van der Waals surface area contributed by atoms with E-state index < -0.39 is 5.82 Å². The van der Waals surface area contributed by atoms with Crippen LogP contribution in [-0.4, -0.2) is 14.8 Å². The van der Waals surface area contributed by atoms with Crippen molar-refractivity contribution in [1.29, 1.82) is 0 Å². The van der Waals surface area contributed by atoms with E-state index in [1.807, 2.05) is 0 Å². The maximum Gasteiger partial charge on any atom is 0.161 e. The maximum atomic E-state index is 14.1. The lowest BCUT2D eigenvalue weighted by Gasteiger charge is -2.09. The van der Waals surface area contributed by atoms with Crippen LogP contribution in [0.4, 0.5) is 15.8 Å². The van der Waals surface area contributed by atoms with Gasteiger partial charge >= 0.3 is 0 Å². The molecule has 0 aliphatic rings. The largest absolute Gasteiger partial charge is 0.389 e. The summed E-state index contributed by atoms with van der Waals surface area (Å²) in [6.07, 6.45) is 3.35. The fourth-order valence-electron chi connectivity index (χ4n) is 1.48. The van der Waals surface area contributed by atoms with Crippen LogP contribution in [-0.2, 0) is 7.05 Å². The van der Waals surface area contributed by atoms with Crippen LogP contribution in [0.2, 0.25) is 0 Å². The highest BCUT2D eigenvalue weighted by molar-refractivity contribution is 9.10. The average molecular weight is 329 g/mol. The van der Waals surface area contributed by atoms with Crippen LogP contribution in [0.3, 0.4) is 0 Å². The van der Waals surface area contributed by atoms with Crippen molar-refractivity contribution < 1.29 is 4.39 Å². The minimum atomic E-state index is -0.441. The van der Waals surface area contributed by atoms with Crippen LogP contribution in [0.1, 0.15) is 5.56 Å². The summed E-state index contributed by atoms with van der Waals surface area (Å²) in [5.41, 5.74) is 6.99. The SMILES string of the molecule is Cn1cc(Nc2ccc(C(N)=S)c(Br)c2F)cn1. The van der Waals surface area contributed by atoms with E-state index in [4.69, 9.17) is 18.0 Å². The van der Waals surface area contributed by atoms with Gasteiger partial charge in [-0.3, -0.25) is 4.68 Å². The molecule has 0 saturated heterocycles. The summed E-state index contributed by atoms with van der Waals surface area (Å²) in [4.78, 5) is 0.147. The molecule has 1 aromatic carbocycles. The average Bonchev–Trinajstić information content (AvgIpc) is 2.70. The van der Waals surface area contributed by atoms with Crippen LogP contribution in [0.5, 0.6) is 0 Å². The minimum Gasteiger partial charge on any atom is -0.389 e. The highest BCUT2D eigenvalue weighted by Crippen LogP contribution is 2.28. The number of hydrogen-bond acceptors (Lipinski definition) is 3. The fraction of sp³-hybridized carbons (Fsp3) is 0.0909. The molecule has 0 radical (unpaired) electrons. The zero-order valence-corrected chi connectivity index (χ0v) is 11.8. The molecule has 94 valence electrons. The molecule has 0 atom stereocenters. The van der Waals surface area contributed by atoms with Crippen molar-refractivity contribution in [2.45, 2.75) is 0 Å². The van der Waals surface area contributed by atoms with Gasteiger partial charge in [-0.25, -0.2) is 4.39 Å². The first-order chi connectivity index (χ1) is 8.49. The number of rotatable bonds is 3. The minimum absolute atomic E-state index is 0.147. The predicted molar refractivity (Wildman–Crippen MR) is 76.5 cm³/mol. The second kappa shape index (κ2) is 5.03.